The molecule has 0 aromatic carbocycles. The number of amides is 2. The highest BCUT2D eigenvalue weighted by Crippen LogP contribution is 2.17. The summed E-state index contributed by atoms with van der Waals surface area (Å²) in [6.45, 7) is 3.08. The van der Waals surface area contributed by atoms with Crippen molar-refractivity contribution in [1.29, 1.82) is 0 Å². The van der Waals surface area contributed by atoms with E-state index in [-0.39, 0.29) is 6.03 Å². The molecule has 1 N–H and O–H groups in total. The van der Waals surface area contributed by atoms with Crippen LogP contribution in [-0.2, 0) is 11.3 Å². The largest absolute Gasteiger partial charge is 0.381 e. The Morgan fingerprint density at radius 3 is 3.26 bits per heavy atom. The first-order valence-electron chi connectivity index (χ1n) is 6.69. The summed E-state index contributed by atoms with van der Waals surface area (Å²) in [5, 5.41) is 4.90. The third kappa shape index (κ3) is 4.80. The van der Waals surface area contributed by atoms with E-state index in [0.717, 1.165) is 44.7 Å². The Labute approximate surface area is 118 Å². The Bertz CT molecular complexity index is 377. The van der Waals surface area contributed by atoms with Gasteiger partial charge in [-0.15, -0.1) is 11.3 Å². The van der Waals surface area contributed by atoms with Gasteiger partial charge in [-0.05, 0) is 25.2 Å². The van der Waals surface area contributed by atoms with E-state index >= 15 is 0 Å². The zero-order valence-electron chi connectivity index (χ0n) is 11.3. The number of rotatable bonds is 6. The molecule has 6 heteroatoms. The summed E-state index contributed by atoms with van der Waals surface area (Å²) in [7, 11) is 1.79. The van der Waals surface area contributed by atoms with Gasteiger partial charge in [-0.1, -0.05) is 0 Å². The van der Waals surface area contributed by atoms with Gasteiger partial charge in [-0.3, -0.25) is 0 Å². The van der Waals surface area contributed by atoms with E-state index < -0.39 is 0 Å². The van der Waals surface area contributed by atoms with Crippen molar-refractivity contribution in [1.82, 2.24) is 15.2 Å². The van der Waals surface area contributed by atoms with Crippen molar-refractivity contribution in [3.05, 3.63) is 16.6 Å². The van der Waals surface area contributed by atoms with E-state index in [2.05, 4.69) is 10.3 Å². The highest BCUT2D eigenvalue weighted by atomic mass is 32.1. The summed E-state index contributed by atoms with van der Waals surface area (Å²) >= 11 is 1.55. The lowest BCUT2D eigenvalue weighted by Crippen LogP contribution is -2.37. The molecule has 2 rings (SSSR count). The van der Waals surface area contributed by atoms with Crippen LogP contribution in [0.5, 0.6) is 0 Å². The molecular weight excluding hydrogens is 262 g/mol. The minimum atomic E-state index is -0.0318. The first-order chi connectivity index (χ1) is 9.25. The fourth-order valence-corrected chi connectivity index (χ4v) is 2.71. The van der Waals surface area contributed by atoms with E-state index in [1.807, 2.05) is 5.38 Å². The number of hydrogen-bond acceptors (Lipinski definition) is 4. The molecule has 19 heavy (non-hydrogen) atoms. The molecule has 1 atom stereocenters. The topological polar surface area (TPSA) is 54.5 Å². The van der Waals surface area contributed by atoms with Crippen LogP contribution >= 0.6 is 11.3 Å². The predicted octanol–water partition coefficient (Wildman–Crippen LogP) is 2.10. The number of nitrogens with zero attached hydrogens (tertiary/aromatic N) is 2. The number of urea groups is 1. The third-order valence-corrected chi connectivity index (χ3v) is 3.95. The summed E-state index contributed by atoms with van der Waals surface area (Å²) in [6, 6.07) is -0.0318. The lowest BCUT2D eigenvalue weighted by Gasteiger charge is -2.17. The van der Waals surface area contributed by atoms with Crippen LogP contribution in [0.15, 0.2) is 10.9 Å². The Morgan fingerprint density at radius 2 is 2.58 bits per heavy atom. The predicted molar refractivity (Wildman–Crippen MR) is 75.1 cm³/mol. The van der Waals surface area contributed by atoms with Gasteiger partial charge in [-0.25, -0.2) is 9.78 Å². The molecule has 0 spiro atoms. The van der Waals surface area contributed by atoms with Gasteiger partial charge in [0.2, 0.25) is 0 Å². The number of ether oxygens (including phenoxy) is 1. The van der Waals surface area contributed by atoms with E-state index in [1.54, 1.807) is 28.8 Å². The number of nitrogens with one attached hydrogen (secondary N) is 1. The standard InChI is InChI=1S/C13H21N3O2S/c1-16(7-12-9-19-10-15-12)13(17)14-5-2-3-11-4-6-18-8-11/h9-11H,2-8H2,1H3,(H,14,17)/t11-/m0/s1. The quantitative estimate of drug-likeness (QED) is 0.813. The number of hydrogen-bond donors (Lipinski definition) is 1. The van der Waals surface area contributed by atoms with Crippen molar-refractivity contribution in [2.75, 3.05) is 26.8 Å². The zero-order chi connectivity index (χ0) is 13.5. The summed E-state index contributed by atoms with van der Waals surface area (Å²) < 4.78 is 5.33. The molecule has 1 aromatic heterocycles. The third-order valence-electron chi connectivity index (χ3n) is 3.32. The molecule has 0 saturated carbocycles. The van der Waals surface area contributed by atoms with Crippen LogP contribution in [0.1, 0.15) is 25.0 Å². The Hall–Kier alpha value is -1.14. The Morgan fingerprint density at radius 1 is 1.68 bits per heavy atom. The maximum atomic E-state index is 11.8. The summed E-state index contributed by atoms with van der Waals surface area (Å²) in [4.78, 5) is 17.7. The Balaban J connectivity index is 1.58. The smallest absolute Gasteiger partial charge is 0.317 e. The second kappa shape index (κ2) is 7.45. The van der Waals surface area contributed by atoms with Crippen LogP contribution < -0.4 is 5.32 Å². The van der Waals surface area contributed by atoms with Crippen LogP contribution in [-0.4, -0.2) is 42.7 Å². The molecule has 0 radical (unpaired) electrons. The maximum absolute atomic E-state index is 11.8. The highest BCUT2D eigenvalue weighted by Gasteiger charge is 2.15. The van der Waals surface area contributed by atoms with E-state index in [1.165, 1.54) is 0 Å². The minimum absolute atomic E-state index is 0.0318. The lowest BCUT2D eigenvalue weighted by atomic mass is 10.0. The summed E-state index contributed by atoms with van der Waals surface area (Å²) in [5.41, 5.74) is 2.72. The monoisotopic (exact) mass is 283 g/mol. The molecular formula is C13H21N3O2S. The van der Waals surface area contributed by atoms with Gasteiger partial charge in [0.1, 0.15) is 0 Å². The maximum Gasteiger partial charge on any atom is 0.317 e. The molecule has 1 aliphatic rings. The minimum Gasteiger partial charge on any atom is -0.381 e. The van der Waals surface area contributed by atoms with Gasteiger partial charge in [-0.2, -0.15) is 0 Å². The SMILES string of the molecule is CN(Cc1cscn1)C(=O)NCCC[C@H]1CCOC1. The molecule has 106 valence electrons. The molecule has 2 heterocycles. The van der Waals surface area contributed by atoms with Crippen molar-refractivity contribution in [3.8, 4) is 0 Å². The van der Waals surface area contributed by atoms with Gasteiger partial charge in [0.15, 0.2) is 0 Å². The number of carbonyl (C=O) groups is 1. The Kier molecular flexibility index (Phi) is 5.60. The molecule has 0 bridgehead atoms. The van der Waals surface area contributed by atoms with Crippen molar-refractivity contribution in [2.45, 2.75) is 25.8 Å². The second-order valence-electron chi connectivity index (χ2n) is 4.94. The average molecular weight is 283 g/mol. The average Bonchev–Trinajstić information content (AvgIpc) is 3.07. The van der Waals surface area contributed by atoms with E-state index in [4.69, 9.17) is 4.74 Å². The first-order valence-corrected chi connectivity index (χ1v) is 7.64. The fourth-order valence-electron chi connectivity index (χ4n) is 2.16. The van der Waals surface area contributed by atoms with Crippen LogP contribution in [0.2, 0.25) is 0 Å². The lowest BCUT2D eigenvalue weighted by molar-refractivity contribution is 0.183. The normalized spacial score (nSPS) is 18.5. The van der Waals surface area contributed by atoms with Crippen molar-refractivity contribution >= 4 is 17.4 Å². The number of aromatic nitrogens is 1. The zero-order valence-corrected chi connectivity index (χ0v) is 12.1. The van der Waals surface area contributed by atoms with Gasteiger partial charge < -0.3 is 15.0 Å². The molecule has 5 nitrogen and oxygen atoms in total. The van der Waals surface area contributed by atoms with Gasteiger partial charge in [0.25, 0.3) is 0 Å². The molecule has 0 unspecified atom stereocenters. The molecule has 1 aromatic rings. The van der Waals surface area contributed by atoms with Crippen LogP contribution in [0.3, 0.4) is 0 Å². The summed E-state index contributed by atoms with van der Waals surface area (Å²) in [5.74, 6) is 0.685. The van der Waals surface area contributed by atoms with Crippen LogP contribution in [0.25, 0.3) is 0 Å². The van der Waals surface area contributed by atoms with Gasteiger partial charge in [0, 0.05) is 32.2 Å². The fraction of sp³-hybridized carbons (Fsp3) is 0.692. The van der Waals surface area contributed by atoms with Crippen LogP contribution in [0.4, 0.5) is 4.79 Å². The van der Waals surface area contributed by atoms with E-state index in [0.29, 0.717) is 12.5 Å². The highest BCUT2D eigenvalue weighted by molar-refractivity contribution is 7.07. The van der Waals surface area contributed by atoms with Crippen molar-refractivity contribution in [2.24, 2.45) is 5.92 Å². The van der Waals surface area contributed by atoms with Crippen molar-refractivity contribution < 1.29 is 9.53 Å². The number of carbonyl (C=O) groups excluding carboxylic acids is 1. The summed E-state index contributed by atoms with van der Waals surface area (Å²) in [6.07, 6.45) is 3.32. The molecule has 0 aliphatic carbocycles. The molecule has 2 amide bonds. The number of thiazole rings is 1. The van der Waals surface area contributed by atoms with Gasteiger partial charge in [0.05, 0.1) is 17.7 Å². The van der Waals surface area contributed by atoms with Crippen molar-refractivity contribution in [3.63, 3.8) is 0 Å². The van der Waals surface area contributed by atoms with Crippen LogP contribution in [0, 0.1) is 5.92 Å². The molecule has 1 fully saturated rings. The molecule has 1 saturated heterocycles. The first kappa shape index (κ1) is 14.3. The molecule has 1 aliphatic heterocycles. The second-order valence-corrected chi connectivity index (χ2v) is 5.66. The van der Waals surface area contributed by atoms with Gasteiger partial charge >= 0.3 is 6.03 Å². The van der Waals surface area contributed by atoms with E-state index in [9.17, 15) is 4.79 Å².